The molecule has 0 saturated heterocycles. The summed E-state index contributed by atoms with van der Waals surface area (Å²) in [4.78, 5) is 4.28. The number of fused-ring (bicyclic) bond motifs is 1. The Kier molecular flexibility index (Phi) is 3.13. The molecular weight excluding hydrogens is 305 g/mol. The summed E-state index contributed by atoms with van der Waals surface area (Å²) >= 11 is 6.06. The predicted octanol–water partition coefficient (Wildman–Crippen LogP) is 4.40. The third-order valence-corrected chi connectivity index (χ3v) is 4.12. The first kappa shape index (κ1) is 14.5. The fourth-order valence-corrected chi connectivity index (χ4v) is 2.82. The zero-order chi connectivity index (χ0) is 15.4. The van der Waals surface area contributed by atoms with Crippen LogP contribution in [0.4, 0.5) is 13.2 Å². The molecule has 3 nitrogen and oxygen atoms in total. The lowest BCUT2D eigenvalue weighted by Crippen LogP contribution is -2.36. The van der Waals surface area contributed by atoms with Crippen LogP contribution >= 0.6 is 11.6 Å². The van der Waals surface area contributed by atoms with E-state index in [0.717, 1.165) is 0 Å². The highest BCUT2D eigenvalue weighted by Crippen LogP contribution is 2.57. The lowest BCUT2D eigenvalue weighted by molar-refractivity contribution is -0.179. The molecule has 2 aromatic rings. The Hall–Kier alpha value is -1.43. The third-order valence-electron chi connectivity index (χ3n) is 3.92. The minimum atomic E-state index is -4.33. The van der Waals surface area contributed by atoms with Crippen LogP contribution in [0.1, 0.15) is 31.0 Å². The van der Waals surface area contributed by atoms with E-state index in [0.29, 0.717) is 16.8 Å². The minimum Gasteiger partial charge on any atom is -0.497 e. The van der Waals surface area contributed by atoms with Crippen molar-refractivity contribution in [2.75, 3.05) is 7.11 Å². The number of halogens is 4. The summed E-state index contributed by atoms with van der Waals surface area (Å²) in [6.07, 6.45) is -4.23. The fraction of sp³-hybridized carbons (Fsp3) is 0.500. The maximum Gasteiger partial charge on any atom is 0.412 e. The second-order valence-electron chi connectivity index (χ2n) is 5.31. The highest BCUT2D eigenvalue weighted by Gasteiger charge is 2.66. The molecule has 0 radical (unpaired) electrons. The minimum absolute atomic E-state index is 0.0514. The Bertz CT molecular complexity index is 689. The van der Waals surface area contributed by atoms with Gasteiger partial charge in [0.1, 0.15) is 17.1 Å². The Morgan fingerprint density at radius 3 is 2.52 bits per heavy atom. The lowest BCUT2D eigenvalue weighted by atomic mass is 10.2. The summed E-state index contributed by atoms with van der Waals surface area (Å²) in [5, 5.41) is -0.608. The summed E-state index contributed by atoms with van der Waals surface area (Å²) in [6.45, 7) is 1.63. The Morgan fingerprint density at radius 2 is 2.05 bits per heavy atom. The summed E-state index contributed by atoms with van der Waals surface area (Å²) in [5.41, 5.74) is -0.979. The van der Waals surface area contributed by atoms with E-state index < -0.39 is 17.1 Å². The predicted molar refractivity (Wildman–Crippen MR) is 73.8 cm³/mol. The molecular formula is C14H14ClF3N2O. The summed E-state index contributed by atoms with van der Waals surface area (Å²) in [7, 11) is 1.48. The summed E-state index contributed by atoms with van der Waals surface area (Å²) < 4.78 is 46.8. The van der Waals surface area contributed by atoms with Crippen molar-refractivity contribution >= 4 is 22.6 Å². The first-order valence-corrected chi connectivity index (χ1v) is 7.01. The molecule has 1 saturated carbocycles. The van der Waals surface area contributed by atoms with E-state index >= 15 is 0 Å². The van der Waals surface area contributed by atoms with Gasteiger partial charge in [0.2, 0.25) is 0 Å². The molecule has 21 heavy (non-hydrogen) atoms. The molecule has 0 amide bonds. The normalized spacial score (nSPS) is 18.8. The highest BCUT2D eigenvalue weighted by molar-refractivity contribution is 6.20. The first-order chi connectivity index (χ1) is 9.80. The van der Waals surface area contributed by atoms with Crippen molar-refractivity contribution in [3.63, 3.8) is 0 Å². The molecule has 1 aromatic heterocycles. The molecule has 0 aliphatic heterocycles. The molecule has 1 unspecified atom stereocenters. The zero-order valence-corrected chi connectivity index (χ0v) is 12.3. The largest absolute Gasteiger partial charge is 0.497 e. The number of alkyl halides is 4. The van der Waals surface area contributed by atoms with Crippen LogP contribution in [-0.2, 0) is 5.54 Å². The van der Waals surface area contributed by atoms with E-state index in [9.17, 15) is 13.2 Å². The van der Waals surface area contributed by atoms with Gasteiger partial charge in [-0.15, -0.1) is 11.6 Å². The number of hydrogen-bond donors (Lipinski definition) is 0. The van der Waals surface area contributed by atoms with E-state index in [2.05, 4.69) is 4.98 Å². The molecule has 0 N–H and O–H groups in total. The van der Waals surface area contributed by atoms with Gasteiger partial charge >= 0.3 is 6.18 Å². The quantitative estimate of drug-likeness (QED) is 0.784. The summed E-state index contributed by atoms with van der Waals surface area (Å²) in [5.74, 6) is 0.741. The van der Waals surface area contributed by atoms with E-state index in [4.69, 9.17) is 16.3 Å². The number of methoxy groups -OCH3 is 1. The van der Waals surface area contributed by atoms with Gasteiger partial charge in [0, 0.05) is 6.07 Å². The molecule has 1 aliphatic carbocycles. The second kappa shape index (κ2) is 4.53. The van der Waals surface area contributed by atoms with Gasteiger partial charge in [-0.25, -0.2) is 4.98 Å². The van der Waals surface area contributed by atoms with E-state index in [-0.39, 0.29) is 18.7 Å². The number of hydrogen-bond acceptors (Lipinski definition) is 2. The number of benzene rings is 1. The van der Waals surface area contributed by atoms with Crippen LogP contribution in [0.5, 0.6) is 5.75 Å². The molecule has 1 aromatic carbocycles. The van der Waals surface area contributed by atoms with Crippen molar-refractivity contribution in [2.24, 2.45) is 0 Å². The van der Waals surface area contributed by atoms with E-state index in [1.54, 1.807) is 25.1 Å². The summed E-state index contributed by atoms with van der Waals surface area (Å²) in [6, 6.07) is 4.91. The van der Waals surface area contributed by atoms with Gasteiger partial charge in [0.15, 0.2) is 0 Å². The van der Waals surface area contributed by atoms with Gasteiger partial charge in [-0.05, 0) is 31.9 Å². The smallest absolute Gasteiger partial charge is 0.412 e. The molecule has 0 spiro atoms. The maximum atomic E-state index is 13.5. The van der Waals surface area contributed by atoms with Gasteiger partial charge in [-0.3, -0.25) is 0 Å². The highest BCUT2D eigenvalue weighted by atomic mass is 35.5. The van der Waals surface area contributed by atoms with Crippen LogP contribution in [0.3, 0.4) is 0 Å². The topological polar surface area (TPSA) is 27.1 Å². The molecule has 1 aliphatic rings. The van der Waals surface area contributed by atoms with Crippen molar-refractivity contribution in [1.29, 1.82) is 0 Å². The first-order valence-electron chi connectivity index (χ1n) is 6.58. The Labute approximate surface area is 124 Å². The number of imidazole rings is 1. The molecule has 114 valence electrons. The average molecular weight is 319 g/mol. The SMILES string of the molecule is COc1ccc2nc(C(C)Cl)n(C3(C(F)(F)F)CC3)c2c1. The Balaban J connectivity index is 2.30. The van der Waals surface area contributed by atoms with Crippen molar-refractivity contribution < 1.29 is 17.9 Å². The van der Waals surface area contributed by atoms with Crippen LogP contribution in [0, 0.1) is 0 Å². The van der Waals surface area contributed by atoms with E-state index in [1.165, 1.54) is 11.7 Å². The molecule has 1 atom stereocenters. The van der Waals surface area contributed by atoms with E-state index in [1.807, 2.05) is 0 Å². The van der Waals surface area contributed by atoms with Crippen LogP contribution < -0.4 is 4.74 Å². The second-order valence-corrected chi connectivity index (χ2v) is 5.96. The molecule has 1 fully saturated rings. The van der Waals surface area contributed by atoms with Crippen LogP contribution in [0.2, 0.25) is 0 Å². The molecule has 3 rings (SSSR count). The maximum absolute atomic E-state index is 13.5. The number of nitrogens with zero attached hydrogens (tertiary/aromatic N) is 2. The third kappa shape index (κ3) is 2.08. The van der Waals surface area contributed by atoms with Crippen molar-refractivity contribution in [3.05, 3.63) is 24.0 Å². The number of rotatable bonds is 3. The molecule has 7 heteroatoms. The van der Waals surface area contributed by atoms with Crippen LogP contribution in [-0.4, -0.2) is 22.8 Å². The number of ether oxygens (including phenoxy) is 1. The molecule has 0 bridgehead atoms. The zero-order valence-electron chi connectivity index (χ0n) is 11.5. The van der Waals surface area contributed by atoms with Gasteiger partial charge in [0.05, 0.1) is 23.5 Å². The lowest BCUT2D eigenvalue weighted by Gasteiger charge is -2.24. The number of aromatic nitrogens is 2. The monoisotopic (exact) mass is 318 g/mol. The van der Waals surface area contributed by atoms with Crippen LogP contribution in [0.15, 0.2) is 18.2 Å². The van der Waals surface area contributed by atoms with Gasteiger partial charge in [-0.2, -0.15) is 13.2 Å². The van der Waals surface area contributed by atoms with Crippen LogP contribution in [0.25, 0.3) is 11.0 Å². The standard InChI is InChI=1S/C14H14ClF3N2O/c1-8(15)12-19-10-4-3-9(21-2)7-11(10)20(12)13(5-6-13)14(16,17)18/h3-4,7-8H,5-6H2,1-2H3. The fourth-order valence-electron chi connectivity index (χ4n) is 2.67. The van der Waals surface area contributed by atoms with Crippen molar-refractivity contribution in [1.82, 2.24) is 9.55 Å². The van der Waals surface area contributed by atoms with Crippen molar-refractivity contribution in [3.8, 4) is 5.75 Å². The van der Waals surface area contributed by atoms with Gasteiger partial charge < -0.3 is 9.30 Å². The Morgan fingerprint density at radius 1 is 1.38 bits per heavy atom. The van der Waals surface area contributed by atoms with Gasteiger partial charge in [-0.1, -0.05) is 0 Å². The van der Waals surface area contributed by atoms with Crippen molar-refractivity contribution in [2.45, 2.75) is 36.9 Å². The average Bonchev–Trinajstić information content (AvgIpc) is 3.13. The molecule has 1 heterocycles. The van der Waals surface area contributed by atoms with Gasteiger partial charge in [0.25, 0.3) is 0 Å².